The van der Waals surface area contributed by atoms with Crippen LogP contribution < -0.4 is 10.9 Å². The van der Waals surface area contributed by atoms with E-state index in [9.17, 15) is 9.59 Å². The summed E-state index contributed by atoms with van der Waals surface area (Å²) in [6, 6.07) is 0. The molecule has 3 aromatic rings. The summed E-state index contributed by atoms with van der Waals surface area (Å²) in [5.74, 6) is -0.149. The Balaban J connectivity index is 1.42. The van der Waals surface area contributed by atoms with Crippen molar-refractivity contribution >= 4 is 33.4 Å². The van der Waals surface area contributed by atoms with Crippen LogP contribution in [0.15, 0.2) is 17.3 Å². The molecule has 130 valence electrons. The van der Waals surface area contributed by atoms with Gasteiger partial charge in [0.1, 0.15) is 5.39 Å². The molecule has 0 saturated carbocycles. The van der Waals surface area contributed by atoms with Gasteiger partial charge in [-0.05, 0) is 25.7 Å². The van der Waals surface area contributed by atoms with Crippen LogP contribution in [0.3, 0.4) is 0 Å². The van der Waals surface area contributed by atoms with Crippen molar-refractivity contribution in [2.45, 2.75) is 38.6 Å². The first kappa shape index (κ1) is 15.9. The summed E-state index contributed by atoms with van der Waals surface area (Å²) in [5, 5.41) is 8.00. The van der Waals surface area contributed by atoms with E-state index in [0.717, 1.165) is 25.0 Å². The van der Waals surface area contributed by atoms with Crippen molar-refractivity contribution in [3.8, 4) is 0 Å². The topological polar surface area (TPSA) is 94.7 Å². The second-order valence-electron chi connectivity index (χ2n) is 6.14. The molecule has 8 nitrogen and oxygen atoms in total. The largest absolute Gasteiger partial charge is 0.302 e. The number of carbonyl (C=O) groups excluding carboxylic acids is 1. The number of aryl methyl sites for hydroxylation is 4. The molecule has 0 unspecified atom stereocenters. The number of aromatic nitrogens is 5. The smallest absolute Gasteiger partial charge is 0.264 e. The van der Waals surface area contributed by atoms with Gasteiger partial charge in [-0.25, -0.2) is 9.97 Å². The number of carbonyl (C=O) groups is 1. The second-order valence-corrected chi connectivity index (χ2v) is 7.23. The van der Waals surface area contributed by atoms with Crippen molar-refractivity contribution in [2.24, 2.45) is 7.05 Å². The van der Waals surface area contributed by atoms with Gasteiger partial charge >= 0.3 is 0 Å². The van der Waals surface area contributed by atoms with Gasteiger partial charge in [-0.15, -0.1) is 11.3 Å². The lowest BCUT2D eigenvalue weighted by atomic mass is 10.0. The standard InChI is InChI=1S/C16H18N6O2S/c1-21-14-10(8-18-21)15(24)22(9-17-14)7-6-13(23)20-16-19-11-4-2-3-5-12(11)25-16/h8-9H,2-7H2,1H3,(H,19,20,23). The quantitative estimate of drug-likeness (QED) is 0.762. The minimum absolute atomic E-state index is 0.149. The van der Waals surface area contributed by atoms with E-state index >= 15 is 0 Å². The van der Waals surface area contributed by atoms with Crippen molar-refractivity contribution in [2.75, 3.05) is 5.32 Å². The van der Waals surface area contributed by atoms with Gasteiger partial charge in [0, 0.05) is 24.9 Å². The molecule has 0 aromatic carbocycles. The van der Waals surface area contributed by atoms with Gasteiger partial charge in [-0.3, -0.25) is 18.8 Å². The van der Waals surface area contributed by atoms with E-state index in [2.05, 4.69) is 20.4 Å². The van der Waals surface area contributed by atoms with Crippen LogP contribution in [-0.4, -0.2) is 30.2 Å². The lowest BCUT2D eigenvalue weighted by molar-refractivity contribution is -0.116. The van der Waals surface area contributed by atoms with Gasteiger partial charge in [-0.2, -0.15) is 5.10 Å². The highest BCUT2D eigenvalue weighted by molar-refractivity contribution is 7.15. The maximum Gasteiger partial charge on any atom is 0.264 e. The zero-order valence-electron chi connectivity index (χ0n) is 13.9. The van der Waals surface area contributed by atoms with Crippen LogP contribution in [0.5, 0.6) is 0 Å². The van der Waals surface area contributed by atoms with E-state index in [0.29, 0.717) is 16.2 Å². The molecule has 1 aliphatic rings. The SMILES string of the molecule is Cn1ncc2c(=O)n(CCC(=O)Nc3nc4c(s3)CCCC4)cnc21. The Hall–Kier alpha value is -2.55. The predicted octanol–water partition coefficient (Wildman–Crippen LogP) is 1.49. The summed E-state index contributed by atoms with van der Waals surface area (Å²) < 4.78 is 2.99. The molecular weight excluding hydrogens is 340 g/mol. The van der Waals surface area contributed by atoms with Crippen molar-refractivity contribution in [1.29, 1.82) is 0 Å². The average Bonchev–Trinajstić information content (AvgIpc) is 3.18. The zero-order valence-corrected chi connectivity index (χ0v) is 14.7. The molecular formula is C16H18N6O2S. The summed E-state index contributed by atoms with van der Waals surface area (Å²) in [6.45, 7) is 0.271. The van der Waals surface area contributed by atoms with Crippen molar-refractivity contribution in [3.63, 3.8) is 0 Å². The van der Waals surface area contributed by atoms with Gasteiger partial charge in [0.2, 0.25) is 5.91 Å². The summed E-state index contributed by atoms with van der Waals surface area (Å²) in [7, 11) is 1.74. The molecule has 25 heavy (non-hydrogen) atoms. The molecule has 0 spiro atoms. The van der Waals surface area contributed by atoms with E-state index in [-0.39, 0.29) is 24.4 Å². The van der Waals surface area contributed by atoms with Crippen LogP contribution in [0.25, 0.3) is 11.0 Å². The normalized spacial score (nSPS) is 13.8. The van der Waals surface area contributed by atoms with E-state index in [1.54, 1.807) is 23.1 Å². The van der Waals surface area contributed by atoms with Gasteiger partial charge < -0.3 is 5.32 Å². The maximum absolute atomic E-state index is 12.4. The van der Waals surface area contributed by atoms with Gasteiger partial charge in [0.25, 0.3) is 5.56 Å². The fourth-order valence-corrected chi connectivity index (χ4v) is 4.10. The molecule has 9 heteroatoms. The van der Waals surface area contributed by atoms with Crippen LogP contribution in [0.1, 0.15) is 29.8 Å². The Bertz CT molecular complexity index is 978. The zero-order chi connectivity index (χ0) is 17.4. The highest BCUT2D eigenvalue weighted by Crippen LogP contribution is 2.29. The highest BCUT2D eigenvalue weighted by atomic mass is 32.1. The molecule has 0 radical (unpaired) electrons. The lowest BCUT2D eigenvalue weighted by Gasteiger charge is -2.06. The molecule has 1 N–H and O–H groups in total. The number of fused-ring (bicyclic) bond motifs is 2. The van der Waals surface area contributed by atoms with Gasteiger partial charge in [-0.1, -0.05) is 0 Å². The van der Waals surface area contributed by atoms with Gasteiger partial charge in [0.15, 0.2) is 10.8 Å². The molecule has 1 aliphatic carbocycles. The minimum Gasteiger partial charge on any atom is -0.302 e. The third-order valence-corrected chi connectivity index (χ3v) is 5.46. The second kappa shape index (κ2) is 6.40. The first-order valence-corrected chi connectivity index (χ1v) is 9.09. The Labute approximate surface area is 147 Å². The van der Waals surface area contributed by atoms with Crippen molar-refractivity contribution in [3.05, 3.63) is 33.4 Å². The summed E-state index contributed by atoms with van der Waals surface area (Å²) in [5.41, 5.74) is 1.48. The van der Waals surface area contributed by atoms with Crippen LogP contribution in [0, 0.1) is 0 Å². The van der Waals surface area contributed by atoms with Crippen LogP contribution >= 0.6 is 11.3 Å². The fourth-order valence-electron chi connectivity index (χ4n) is 3.04. The lowest BCUT2D eigenvalue weighted by Crippen LogP contribution is -2.23. The maximum atomic E-state index is 12.4. The van der Waals surface area contributed by atoms with Gasteiger partial charge in [0.05, 0.1) is 18.2 Å². The third-order valence-electron chi connectivity index (χ3n) is 4.39. The molecule has 0 atom stereocenters. The minimum atomic E-state index is -0.185. The molecule has 3 aromatic heterocycles. The Morgan fingerprint density at radius 3 is 3.04 bits per heavy atom. The summed E-state index contributed by atoms with van der Waals surface area (Å²) in [6.07, 6.45) is 7.55. The molecule has 4 rings (SSSR count). The average molecular weight is 358 g/mol. The monoisotopic (exact) mass is 358 g/mol. The van der Waals surface area contributed by atoms with Crippen molar-refractivity contribution < 1.29 is 4.79 Å². The number of anilines is 1. The molecule has 3 heterocycles. The number of amides is 1. The van der Waals surface area contributed by atoms with E-state index in [1.807, 2.05) is 0 Å². The number of nitrogens with one attached hydrogen (secondary N) is 1. The first-order chi connectivity index (χ1) is 12.1. The predicted molar refractivity (Wildman–Crippen MR) is 94.8 cm³/mol. The number of hydrogen-bond donors (Lipinski definition) is 1. The summed E-state index contributed by atoms with van der Waals surface area (Å²) in [4.78, 5) is 34.6. The molecule has 0 saturated heterocycles. The van der Waals surface area contributed by atoms with E-state index < -0.39 is 0 Å². The number of nitrogens with zero attached hydrogens (tertiary/aromatic N) is 5. The van der Waals surface area contributed by atoms with E-state index in [4.69, 9.17) is 0 Å². The number of hydrogen-bond acceptors (Lipinski definition) is 6. The Morgan fingerprint density at radius 1 is 1.36 bits per heavy atom. The fraction of sp³-hybridized carbons (Fsp3) is 0.438. The van der Waals surface area contributed by atoms with Crippen LogP contribution in [0.4, 0.5) is 5.13 Å². The molecule has 0 bridgehead atoms. The van der Waals surface area contributed by atoms with Crippen molar-refractivity contribution in [1.82, 2.24) is 24.3 Å². The molecule has 1 amide bonds. The molecule has 0 aliphatic heterocycles. The Kier molecular flexibility index (Phi) is 4.08. The van der Waals surface area contributed by atoms with Crippen LogP contribution in [0.2, 0.25) is 0 Å². The third kappa shape index (κ3) is 3.07. The highest BCUT2D eigenvalue weighted by Gasteiger charge is 2.16. The first-order valence-electron chi connectivity index (χ1n) is 8.27. The number of thiazole rings is 1. The number of rotatable bonds is 4. The summed E-state index contributed by atoms with van der Waals surface area (Å²) >= 11 is 1.56. The van der Waals surface area contributed by atoms with E-state index in [1.165, 1.54) is 28.4 Å². The Morgan fingerprint density at radius 2 is 2.20 bits per heavy atom. The molecule has 0 fully saturated rings. The van der Waals surface area contributed by atoms with Crippen LogP contribution in [-0.2, 0) is 31.2 Å².